The van der Waals surface area contributed by atoms with E-state index in [1.807, 2.05) is 44.2 Å². The Morgan fingerprint density at radius 1 is 0.897 bits per heavy atom. The fraction of sp³-hybridized carbons (Fsp3) is 0.636. The molecular formula is C22H31NO6. The lowest BCUT2D eigenvalue weighted by atomic mass is 9.48. The molecule has 0 radical (unpaired) electrons. The van der Waals surface area contributed by atoms with E-state index in [0.717, 1.165) is 0 Å². The molecule has 0 aromatic heterocycles. The summed E-state index contributed by atoms with van der Waals surface area (Å²) >= 11 is 0. The number of nitrogens with zero attached hydrogens (tertiary/aromatic N) is 1. The lowest BCUT2D eigenvalue weighted by Gasteiger charge is -2.67. The molecule has 1 saturated carbocycles. The van der Waals surface area contributed by atoms with Gasteiger partial charge in [-0.25, -0.2) is 0 Å². The molecule has 0 saturated heterocycles. The highest BCUT2D eigenvalue weighted by atomic mass is 16.8. The smallest absolute Gasteiger partial charge is 0.333 e. The number of benzene rings is 1. The van der Waals surface area contributed by atoms with Crippen LogP contribution < -0.4 is 0 Å². The van der Waals surface area contributed by atoms with Crippen LogP contribution in [0, 0.1) is 16.7 Å². The third kappa shape index (κ3) is 3.24. The summed E-state index contributed by atoms with van der Waals surface area (Å²) in [5.74, 6) is -4.80. The normalized spacial score (nSPS) is 24.3. The van der Waals surface area contributed by atoms with Crippen molar-refractivity contribution in [3.63, 3.8) is 0 Å². The highest BCUT2D eigenvalue weighted by Crippen LogP contribution is 2.70. The first kappa shape index (κ1) is 23.3. The van der Waals surface area contributed by atoms with Crippen LogP contribution in [0.4, 0.5) is 0 Å². The van der Waals surface area contributed by atoms with Gasteiger partial charge in [-0.2, -0.15) is 5.26 Å². The predicted octanol–water partition coefficient (Wildman–Crippen LogP) is 3.40. The average Bonchev–Trinajstić information content (AvgIpc) is 2.72. The van der Waals surface area contributed by atoms with Gasteiger partial charge in [0, 0.05) is 26.4 Å². The summed E-state index contributed by atoms with van der Waals surface area (Å²) < 4.78 is 29.8. The molecular weight excluding hydrogens is 374 g/mol. The minimum atomic E-state index is -1.80. The quantitative estimate of drug-likeness (QED) is 0.412. The number of rotatable bonds is 11. The zero-order valence-electron chi connectivity index (χ0n) is 17.9. The van der Waals surface area contributed by atoms with Crippen LogP contribution >= 0.6 is 0 Å². The monoisotopic (exact) mass is 405 g/mol. The van der Waals surface area contributed by atoms with Crippen LogP contribution in [-0.2, 0) is 28.5 Å². The Kier molecular flexibility index (Phi) is 7.78. The number of carbonyl (C=O) groups excluding carboxylic acids is 1. The van der Waals surface area contributed by atoms with Crippen molar-refractivity contribution in [1.29, 1.82) is 5.26 Å². The third-order valence-corrected chi connectivity index (χ3v) is 5.11. The van der Waals surface area contributed by atoms with E-state index in [4.69, 9.17) is 23.7 Å². The van der Waals surface area contributed by atoms with E-state index in [1.54, 1.807) is 20.8 Å². The van der Waals surface area contributed by atoms with Crippen molar-refractivity contribution >= 4 is 5.97 Å². The van der Waals surface area contributed by atoms with Crippen molar-refractivity contribution in [2.24, 2.45) is 5.41 Å². The lowest BCUT2D eigenvalue weighted by Crippen LogP contribution is -2.85. The molecule has 2 rings (SSSR count). The van der Waals surface area contributed by atoms with Gasteiger partial charge in [0.2, 0.25) is 11.2 Å². The lowest BCUT2D eigenvalue weighted by molar-refractivity contribution is -0.499. The van der Waals surface area contributed by atoms with Crippen LogP contribution in [0.3, 0.4) is 0 Å². The first-order valence-electron chi connectivity index (χ1n) is 10.2. The van der Waals surface area contributed by atoms with Gasteiger partial charge in [0.15, 0.2) is 0 Å². The molecule has 0 bridgehead atoms. The zero-order chi connectivity index (χ0) is 21.5. The average molecular weight is 405 g/mol. The highest BCUT2D eigenvalue weighted by molar-refractivity contribution is 5.86. The Morgan fingerprint density at radius 3 is 1.83 bits per heavy atom. The van der Waals surface area contributed by atoms with Crippen molar-refractivity contribution < 1.29 is 28.5 Å². The van der Waals surface area contributed by atoms with Gasteiger partial charge in [0.1, 0.15) is 0 Å². The van der Waals surface area contributed by atoms with E-state index in [0.29, 0.717) is 5.56 Å². The second kappa shape index (κ2) is 9.68. The maximum absolute atomic E-state index is 13.3. The first-order chi connectivity index (χ1) is 14.0. The molecule has 1 aromatic rings. The second-order valence-electron chi connectivity index (χ2n) is 6.50. The highest BCUT2D eigenvalue weighted by Gasteiger charge is 2.90. The summed E-state index contributed by atoms with van der Waals surface area (Å²) in [6, 6.07) is 11.4. The van der Waals surface area contributed by atoms with E-state index >= 15 is 0 Å². The number of hydrogen-bond acceptors (Lipinski definition) is 7. The van der Waals surface area contributed by atoms with Gasteiger partial charge < -0.3 is 23.7 Å². The van der Waals surface area contributed by atoms with Crippen LogP contribution in [0.2, 0.25) is 0 Å². The van der Waals surface area contributed by atoms with Gasteiger partial charge in [-0.3, -0.25) is 4.79 Å². The Hall–Kier alpha value is -1.98. The summed E-state index contributed by atoms with van der Waals surface area (Å²) in [4.78, 5) is 13.3. The van der Waals surface area contributed by atoms with Gasteiger partial charge in [-0.1, -0.05) is 30.3 Å². The number of hydrogen-bond donors (Lipinski definition) is 0. The van der Waals surface area contributed by atoms with E-state index in [1.165, 1.54) is 0 Å². The van der Waals surface area contributed by atoms with Crippen molar-refractivity contribution in [3.8, 4) is 6.07 Å². The second-order valence-corrected chi connectivity index (χ2v) is 6.50. The molecule has 1 fully saturated rings. The molecule has 0 heterocycles. The standard InChI is InChI=1S/C22H31NO6/c1-6-25-19(24)20(16-23)18(17-14-12-11-13-15-17)21(26-7-2,27-8-3)22(20,28-9-4)29-10-5/h11-15,18H,6-10H2,1-5H3. The molecule has 2 atom stereocenters. The maximum Gasteiger partial charge on any atom is 0.333 e. The van der Waals surface area contributed by atoms with Gasteiger partial charge in [0.25, 0.3) is 5.79 Å². The molecule has 29 heavy (non-hydrogen) atoms. The molecule has 7 nitrogen and oxygen atoms in total. The van der Waals surface area contributed by atoms with E-state index in [9.17, 15) is 10.1 Å². The van der Waals surface area contributed by atoms with E-state index < -0.39 is 28.9 Å². The van der Waals surface area contributed by atoms with Crippen molar-refractivity contribution in [2.45, 2.75) is 52.1 Å². The number of esters is 1. The number of carbonyl (C=O) groups is 1. The summed E-state index contributed by atoms with van der Waals surface area (Å²) in [5.41, 5.74) is -1.10. The summed E-state index contributed by atoms with van der Waals surface area (Å²) in [5, 5.41) is 10.4. The van der Waals surface area contributed by atoms with Gasteiger partial charge in [-0.15, -0.1) is 0 Å². The van der Waals surface area contributed by atoms with Crippen LogP contribution in [0.15, 0.2) is 30.3 Å². The molecule has 0 amide bonds. The Balaban J connectivity index is 2.86. The van der Waals surface area contributed by atoms with Crippen molar-refractivity contribution in [2.75, 3.05) is 33.0 Å². The molecule has 1 aliphatic rings. The van der Waals surface area contributed by atoms with E-state index in [2.05, 4.69) is 6.07 Å². The predicted molar refractivity (Wildman–Crippen MR) is 106 cm³/mol. The minimum absolute atomic E-state index is 0.119. The summed E-state index contributed by atoms with van der Waals surface area (Å²) in [6.45, 7) is 9.92. The zero-order valence-corrected chi connectivity index (χ0v) is 17.9. The minimum Gasteiger partial charge on any atom is -0.465 e. The molecule has 1 aromatic carbocycles. The largest absolute Gasteiger partial charge is 0.465 e. The van der Waals surface area contributed by atoms with Crippen molar-refractivity contribution in [1.82, 2.24) is 0 Å². The Labute approximate surface area is 172 Å². The summed E-state index contributed by atoms with van der Waals surface area (Å²) in [7, 11) is 0. The molecule has 2 unspecified atom stereocenters. The van der Waals surface area contributed by atoms with Gasteiger partial charge in [0.05, 0.1) is 18.6 Å². The summed E-state index contributed by atoms with van der Waals surface area (Å²) in [6.07, 6.45) is 0. The number of nitriles is 1. The van der Waals surface area contributed by atoms with Crippen LogP contribution in [0.5, 0.6) is 0 Å². The maximum atomic E-state index is 13.3. The fourth-order valence-corrected chi connectivity index (χ4v) is 4.36. The third-order valence-electron chi connectivity index (χ3n) is 5.11. The molecule has 0 spiro atoms. The molecule has 0 aliphatic heterocycles. The van der Waals surface area contributed by atoms with Crippen LogP contribution in [0.25, 0.3) is 0 Å². The molecule has 7 heteroatoms. The van der Waals surface area contributed by atoms with Crippen molar-refractivity contribution in [3.05, 3.63) is 35.9 Å². The van der Waals surface area contributed by atoms with Crippen LogP contribution in [0.1, 0.15) is 46.1 Å². The topological polar surface area (TPSA) is 87.0 Å². The molecule has 1 aliphatic carbocycles. The first-order valence-corrected chi connectivity index (χ1v) is 10.2. The molecule has 0 N–H and O–H groups in total. The van der Waals surface area contributed by atoms with Gasteiger partial charge >= 0.3 is 5.97 Å². The number of ether oxygens (including phenoxy) is 5. The Bertz CT molecular complexity index is 704. The SMILES string of the molecule is CCOC(=O)C1(C#N)C(c2ccccc2)C(OCC)(OCC)C1(OCC)OCC. The molecule has 160 valence electrons. The fourth-order valence-electron chi connectivity index (χ4n) is 4.36. The van der Waals surface area contributed by atoms with E-state index in [-0.39, 0.29) is 33.0 Å². The Morgan fingerprint density at radius 2 is 1.41 bits per heavy atom. The van der Waals surface area contributed by atoms with Crippen LogP contribution in [-0.4, -0.2) is 50.6 Å². The van der Waals surface area contributed by atoms with Gasteiger partial charge in [-0.05, 0) is 40.2 Å².